The highest BCUT2D eigenvalue weighted by molar-refractivity contribution is 7.80. The summed E-state index contributed by atoms with van der Waals surface area (Å²) in [5.74, 6) is -0.659. The monoisotopic (exact) mass is 450 g/mol. The summed E-state index contributed by atoms with van der Waals surface area (Å²) in [6, 6.07) is 13.0. The summed E-state index contributed by atoms with van der Waals surface area (Å²) in [6.45, 7) is 1.89. The second-order valence-electron chi connectivity index (χ2n) is 6.80. The number of ether oxygens (including phenoxy) is 2. The van der Waals surface area contributed by atoms with Crippen LogP contribution in [0, 0.1) is 0 Å². The fourth-order valence-electron chi connectivity index (χ4n) is 3.34. The minimum Gasteiger partial charge on any atom is -0.460 e. The normalized spacial score (nSPS) is 16.9. The lowest BCUT2D eigenvalue weighted by atomic mass is 9.93. The number of allylic oxidation sites excluding steroid dienone is 1. The quantitative estimate of drug-likeness (QED) is 0.394. The Morgan fingerprint density at radius 1 is 1.13 bits per heavy atom. The van der Waals surface area contributed by atoms with Crippen LogP contribution < -0.4 is 10.2 Å². The molecular weight excluding hydrogens is 429 g/mol. The number of carbonyl (C=O) groups excluding carboxylic acids is 1. The van der Waals surface area contributed by atoms with Crippen molar-refractivity contribution >= 4 is 29.0 Å². The molecule has 1 N–H and O–H groups in total. The predicted molar refractivity (Wildman–Crippen MR) is 114 cm³/mol. The molecule has 31 heavy (non-hydrogen) atoms. The van der Waals surface area contributed by atoms with E-state index in [9.17, 15) is 18.0 Å². The Kier molecular flexibility index (Phi) is 6.97. The van der Waals surface area contributed by atoms with Crippen LogP contribution in [0.5, 0.6) is 0 Å². The molecule has 0 saturated carbocycles. The lowest BCUT2D eigenvalue weighted by Crippen LogP contribution is -2.48. The van der Waals surface area contributed by atoms with Gasteiger partial charge in [-0.3, -0.25) is 4.90 Å². The first-order chi connectivity index (χ1) is 14.7. The number of carbonyl (C=O) groups is 1. The van der Waals surface area contributed by atoms with E-state index in [0.29, 0.717) is 11.4 Å². The molecule has 0 amide bonds. The molecule has 1 unspecified atom stereocenters. The smallest absolute Gasteiger partial charge is 0.416 e. The number of hydrogen-bond donors (Lipinski definition) is 1. The Bertz CT molecular complexity index is 993. The number of methoxy groups -OCH3 is 1. The third kappa shape index (κ3) is 5.05. The summed E-state index contributed by atoms with van der Waals surface area (Å²) in [4.78, 5) is 14.6. The Labute approximate surface area is 183 Å². The van der Waals surface area contributed by atoms with E-state index in [0.717, 1.165) is 12.1 Å². The second kappa shape index (κ2) is 9.49. The van der Waals surface area contributed by atoms with Crippen molar-refractivity contribution in [2.24, 2.45) is 0 Å². The number of benzene rings is 2. The van der Waals surface area contributed by atoms with Crippen molar-refractivity contribution in [1.82, 2.24) is 5.32 Å². The van der Waals surface area contributed by atoms with Crippen molar-refractivity contribution in [3.05, 3.63) is 77.0 Å². The van der Waals surface area contributed by atoms with E-state index in [-0.39, 0.29) is 29.5 Å². The molecule has 0 radical (unpaired) electrons. The number of nitrogens with one attached hydrogen (secondary N) is 1. The van der Waals surface area contributed by atoms with E-state index in [1.54, 1.807) is 11.8 Å². The van der Waals surface area contributed by atoms with Gasteiger partial charge in [-0.15, -0.1) is 0 Å². The van der Waals surface area contributed by atoms with Crippen molar-refractivity contribution in [3.8, 4) is 0 Å². The van der Waals surface area contributed by atoms with Crippen LogP contribution >= 0.6 is 12.2 Å². The molecule has 1 heterocycles. The van der Waals surface area contributed by atoms with Gasteiger partial charge < -0.3 is 14.8 Å². The average molecular weight is 450 g/mol. The molecule has 0 bridgehead atoms. The standard InChI is InChI=1S/C22H21F3N2O3S/c1-14-18(20(28)30-12-11-29-2)19(15-7-6-8-16(13-15)22(23,24)25)26-21(31)27(14)17-9-4-3-5-10-17/h3-10,13,19H,11-12H2,1-2H3,(H,26,31). The van der Waals surface area contributed by atoms with E-state index in [1.165, 1.54) is 19.2 Å². The van der Waals surface area contributed by atoms with Gasteiger partial charge in [0.1, 0.15) is 6.61 Å². The summed E-state index contributed by atoms with van der Waals surface area (Å²) in [7, 11) is 1.47. The Morgan fingerprint density at radius 3 is 2.48 bits per heavy atom. The van der Waals surface area contributed by atoms with Crippen molar-refractivity contribution in [3.63, 3.8) is 0 Å². The largest absolute Gasteiger partial charge is 0.460 e. The summed E-state index contributed by atoms with van der Waals surface area (Å²) in [5.41, 5.74) is 0.797. The zero-order valence-electron chi connectivity index (χ0n) is 16.9. The van der Waals surface area contributed by atoms with Gasteiger partial charge in [0.15, 0.2) is 5.11 Å². The van der Waals surface area contributed by atoms with Crippen molar-refractivity contribution in [2.75, 3.05) is 25.2 Å². The highest BCUT2D eigenvalue weighted by Crippen LogP contribution is 2.36. The summed E-state index contributed by atoms with van der Waals surface area (Å²) in [5, 5.41) is 3.28. The third-order valence-electron chi connectivity index (χ3n) is 4.79. The molecule has 164 valence electrons. The number of rotatable bonds is 6. The molecule has 0 saturated heterocycles. The molecule has 2 aromatic carbocycles. The maximum Gasteiger partial charge on any atom is 0.416 e. The Hall–Kier alpha value is -2.91. The molecule has 0 spiro atoms. The molecule has 5 nitrogen and oxygen atoms in total. The molecule has 0 aromatic heterocycles. The van der Waals surface area contributed by atoms with Gasteiger partial charge in [0.2, 0.25) is 0 Å². The van der Waals surface area contributed by atoms with Gasteiger partial charge in [0.05, 0.1) is 23.8 Å². The second-order valence-corrected chi connectivity index (χ2v) is 7.19. The third-order valence-corrected chi connectivity index (χ3v) is 5.09. The number of esters is 1. The van der Waals surface area contributed by atoms with Crippen LogP contribution in [0.2, 0.25) is 0 Å². The van der Waals surface area contributed by atoms with Gasteiger partial charge in [-0.05, 0) is 49.0 Å². The minimum atomic E-state index is -4.51. The summed E-state index contributed by atoms with van der Waals surface area (Å²) in [6.07, 6.45) is -4.51. The molecule has 1 aliphatic heterocycles. The first-order valence-corrected chi connectivity index (χ1v) is 9.84. The van der Waals surface area contributed by atoms with Crippen LogP contribution in [0.1, 0.15) is 24.1 Å². The summed E-state index contributed by atoms with van der Waals surface area (Å²) >= 11 is 5.50. The van der Waals surface area contributed by atoms with Crippen LogP contribution in [-0.2, 0) is 20.4 Å². The van der Waals surface area contributed by atoms with E-state index in [4.69, 9.17) is 21.7 Å². The van der Waals surface area contributed by atoms with Gasteiger partial charge in [0.25, 0.3) is 0 Å². The number of alkyl halides is 3. The average Bonchev–Trinajstić information content (AvgIpc) is 2.73. The Balaban J connectivity index is 2.09. The first kappa shape index (κ1) is 22.8. The number of thiocarbonyl (C=S) groups is 1. The van der Waals surface area contributed by atoms with Gasteiger partial charge in [-0.2, -0.15) is 13.2 Å². The van der Waals surface area contributed by atoms with Crippen LogP contribution in [0.25, 0.3) is 0 Å². The summed E-state index contributed by atoms with van der Waals surface area (Å²) < 4.78 is 50.0. The van der Waals surface area contributed by atoms with E-state index >= 15 is 0 Å². The van der Waals surface area contributed by atoms with E-state index in [1.807, 2.05) is 30.3 Å². The van der Waals surface area contributed by atoms with Crippen molar-refractivity contribution in [1.29, 1.82) is 0 Å². The predicted octanol–water partition coefficient (Wildman–Crippen LogP) is 4.60. The van der Waals surface area contributed by atoms with Crippen molar-refractivity contribution < 1.29 is 27.4 Å². The zero-order chi connectivity index (χ0) is 22.6. The molecule has 0 fully saturated rings. The van der Waals surface area contributed by atoms with Crippen LogP contribution in [-0.4, -0.2) is 31.4 Å². The lowest BCUT2D eigenvalue weighted by molar-refractivity contribution is -0.140. The number of halogens is 3. The topological polar surface area (TPSA) is 50.8 Å². The zero-order valence-corrected chi connectivity index (χ0v) is 17.7. The maximum atomic E-state index is 13.3. The van der Waals surface area contributed by atoms with Gasteiger partial charge in [-0.25, -0.2) is 4.79 Å². The van der Waals surface area contributed by atoms with Crippen LogP contribution in [0.15, 0.2) is 65.9 Å². The molecular formula is C22H21F3N2O3S. The molecule has 9 heteroatoms. The lowest BCUT2D eigenvalue weighted by Gasteiger charge is -2.37. The number of para-hydroxylation sites is 1. The van der Waals surface area contributed by atoms with Crippen molar-refractivity contribution in [2.45, 2.75) is 19.1 Å². The number of nitrogens with zero attached hydrogens (tertiary/aromatic N) is 1. The van der Waals surface area contributed by atoms with Gasteiger partial charge in [-0.1, -0.05) is 30.3 Å². The maximum absolute atomic E-state index is 13.3. The molecule has 2 aromatic rings. The SMILES string of the molecule is COCCOC(=O)C1=C(C)N(c2ccccc2)C(=S)NC1c1cccc(C(F)(F)F)c1. The van der Waals surface area contributed by atoms with Crippen LogP contribution in [0.3, 0.4) is 0 Å². The fourth-order valence-corrected chi connectivity index (χ4v) is 3.70. The van der Waals surface area contributed by atoms with Gasteiger partial charge >= 0.3 is 12.1 Å². The molecule has 0 aliphatic carbocycles. The number of anilines is 1. The van der Waals surface area contributed by atoms with Gasteiger partial charge in [0, 0.05) is 18.5 Å². The van der Waals surface area contributed by atoms with Crippen LogP contribution in [0.4, 0.5) is 18.9 Å². The molecule has 1 aliphatic rings. The first-order valence-electron chi connectivity index (χ1n) is 9.43. The molecule has 1 atom stereocenters. The minimum absolute atomic E-state index is 0.0111. The number of hydrogen-bond acceptors (Lipinski definition) is 4. The molecule has 3 rings (SSSR count). The highest BCUT2D eigenvalue weighted by Gasteiger charge is 2.37. The highest BCUT2D eigenvalue weighted by atomic mass is 32.1. The van der Waals surface area contributed by atoms with E-state index in [2.05, 4.69) is 5.32 Å². The van der Waals surface area contributed by atoms with E-state index < -0.39 is 23.8 Å². The fraction of sp³-hybridized carbons (Fsp3) is 0.273. The Morgan fingerprint density at radius 2 is 1.84 bits per heavy atom.